The Hall–Kier alpha value is -1.61. The maximum absolute atomic E-state index is 5.79. The summed E-state index contributed by atoms with van der Waals surface area (Å²) in [4.78, 5) is 4.27. The van der Waals surface area contributed by atoms with Crippen molar-refractivity contribution >= 4 is 29.9 Å². The quantitative estimate of drug-likeness (QED) is 0.235. The van der Waals surface area contributed by atoms with Gasteiger partial charge in [-0.2, -0.15) is 5.10 Å². The van der Waals surface area contributed by atoms with Gasteiger partial charge in [0.2, 0.25) is 0 Å². The van der Waals surface area contributed by atoms with Gasteiger partial charge in [0.1, 0.15) is 0 Å². The van der Waals surface area contributed by atoms with Crippen LogP contribution in [0.3, 0.4) is 0 Å². The lowest BCUT2D eigenvalue weighted by molar-refractivity contribution is 0.0931. The molecule has 0 saturated carbocycles. The van der Waals surface area contributed by atoms with Crippen LogP contribution in [0, 0.1) is 5.92 Å². The van der Waals surface area contributed by atoms with E-state index in [-0.39, 0.29) is 24.0 Å². The first-order valence-corrected chi connectivity index (χ1v) is 9.21. The molecule has 1 aromatic heterocycles. The molecular formula is C20H32IN5O. The second kappa shape index (κ2) is 13.5. The first-order valence-electron chi connectivity index (χ1n) is 9.21. The Morgan fingerprint density at radius 2 is 2.00 bits per heavy atom. The summed E-state index contributed by atoms with van der Waals surface area (Å²) in [5.41, 5.74) is 2.47. The van der Waals surface area contributed by atoms with E-state index >= 15 is 0 Å². The van der Waals surface area contributed by atoms with Crippen LogP contribution >= 0.6 is 24.0 Å². The smallest absolute Gasteiger partial charge is 0.190 e. The third-order valence-electron chi connectivity index (χ3n) is 4.05. The lowest BCUT2D eigenvalue weighted by Gasteiger charge is -2.16. The van der Waals surface area contributed by atoms with E-state index in [4.69, 9.17) is 4.74 Å². The Morgan fingerprint density at radius 1 is 1.22 bits per heavy atom. The summed E-state index contributed by atoms with van der Waals surface area (Å²) in [5.74, 6) is 1.25. The third-order valence-corrected chi connectivity index (χ3v) is 4.05. The number of benzene rings is 1. The van der Waals surface area contributed by atoms with Crippen LogP contribution in [-0.4, -0.2) is 42.5 Å². The normalized spacial score (nSPS) is 12.3. The van der Waals surface area contributed by atoms with Gasteiger partial charge in [0, 0.05) is 33.4 Å². The molecular weight excluding hydrogens is 453 g/mol. The average Bonchev–Trinajstić information content (AvgIpc) is 3.07. The number of hydrogen-bond donors (Lipinski definition) is 2. The predicted molar refractivity (Wildman–Crippen MR) is 122 cm³/mol. The standard InChI is InChI=1S/C20H31N5O.HI/c1-17(15-26-16-18-8-5-4-6-9-18)12-23-20(21-2)22-11-7-10-19-13-24-25(3)14-19;/h4-6,8-9,13-14,17H,7,10-12,15-16H2,1-3H3,(H2,21,22,23);1H. The van der Waals surface area contributed by atoms with Crippen molar-refractivity contribution in [3.8, 4) is 0 Å². The molecule has 0 aliphatic carbocycles. The third kappa shape index (κ3) is 9.76. The minimum atomic E-state index is 0. The van der Waals surface area contributed by atoms with E-state index < -0.39 is 0 Å². The zero-order valence-electron chi connectivity index (χ0n) is 16.5. The number of aryl methyl sites for hydroxylation is 2. The minimum Gasteiger partial charge on any atom is -0.376 e. The van der Waals surface area contributed by atoms with Gasteiger partial charge in [-0.25, -0.2) is 0 Å². The number of halogens is 1. The van der Waals surface area contributed by atoms with Gasteiger partial charge in [0.15, 0.2) is 5.96 Å². The van der Waals surface area contributed by atoms with Crippen LogP contribution in [0.2, 0.25) is 0 Å². The summed E-state index contributed by atoms with van der Waals surface area (Å²) < 4.78 is 7.63. The van der Waals surface area contributed by atoms with Crippen LogP contribution in [0.5, 0.6) is 0 Å². The molecule has 0 saturated heterocycles. The van der Waals surface area contributed by atoms with E-state index in [1.807, 2.05) is 36.1 Å². The Kier molecular flexibility index (Phi) is 11.8. The van der Waals surface area contributed by atoms with Crippen LogP contribution in [-0.2, 0) is 24.8 Å². The molecule has 2 N–H and O–H groups in total. The van der Waals surface area contributed by atoms with Crippen LogP contribution in [0.4, 0.5) is 0 Å². The highest BCUT2D eigenvalue weighted by Crippen LogP contribution is 2.03. The van der Waals surface area contributed by atoms with Crippen molar-refractivity contribution in [2.45, 2.75) is 26.4 Å². The number of nitrogens with one attached hydrogen (secondary N) is 2. The molecule has 0 spiro atoms. The maximum atomic E-state index is 5.79. The average molecular weight is 485 g/mol. The van der Waals surface area contributed by atoms with Crippen LogP contribution in [0.15, 0.2) is 47.7 Å². The summed E-state index contributed by atoms with van der Waals surface area (Å²) in [6.07, 6.45) is 6.04. The van der Waals surface area contributed by atoms with Crippen molar-refractivity contribution in [2.24, 2.45) is 18.0 Å². The van der Waals surface area contributed by atoms with E-state index in [9.17, 15) is 0 Å². The first kappa shape index (κ1) is 23.4. The maximum Gasteiger partial charge on any atom is 0.190 e. The highest BCUT2D eigenvalue weighted by Gasteiger charge is 2.05. The van der Waals surface area contributed by atoms with Gasteiger partial charge in [0.05, 0.1) is 19.4 Å². The van der Waals surface area contributed by atoms with Gasteiger partial charge in [-0.3, -0.25) is 9.67 Å². The van der Waals surface area contributed by atoms with Crippen LogP contribution in [0.1, 0.15) is 24.5 Å². The fourth-order valence-corrected chi connectivity index (χ4v) is 2.60. The summed E-state index contributed by atoms with van der Waals surface area (Å²) in [7, 11) is 3.74. The van der Waals surface area contributed by atoms with E-state index in [0.29, 0.717) is 12.5 Å². The highest BCUT2D eigenvalue weighted by atomic mass is 127. The molecule has 1 unspecified atom stereocenters. The molecule has 0 fully saturated rings. The van der Waals surface area contributed by atoms with E-state index in [1.54, 1.807) is 7.05 Å². The number of nitrogens with zero attached hydrogens (tertiary/aromatic N) is 3. The molecule has 0 aliphatic heterocycles. The lowest BCUT2D eigenvalue weighted by Crippen LogP contribution is -2.40. The Morgan fingerprint density at radius 3 is 2.67 bits per heavy atom. The van der Waals surface area contributed by atoms with E-state index in [0.717, 1.165) is 38.5 Å². The van der Waals surface area contributed by atoms with Crippen molar-refractivity contribution in [3.05, 3.63) is 53.9 Å². The number of aliphatic imine (C=N–C) groups is 1. The Balaban J connectivity index is 0.00000364. The van der Waals surface area contributed by atoms with Gasteiger partial charge < -0.3 is 15.4 Å². The molecule has 0 radical (unpaired) electrons. The van der Waals surface area contributed by atoms with E-state index in [1.165, 1.54) is 11.1 Å². The van der Waals surface area contributed by atoms with Gasteiger partial charge in [-0.15, -0.1) is 24.0 Å². The zero-order chi connectivity index (χ0) is 18.6. The molecule has 1 heterocycles. The summed E-state index contributed by atoms with van der Waals surface area (Å²) in [5, 5.41) is 10.9. The van der Waals surface area contributed by atoms with Gasteiger partial charge in [0.25, 0.3) is 0 Å². The highest BCUT2D eigenvalue weighted by molar-refractivity contribution is 14.0. The molecule has 2 aromatic rings. The molecule has 0 bridgehead atoms. The van der Waals surface area contributed by atoms with Gasteiger partial charge >= 0.3 is 0 Å². The van der Waals surface area contributed by atoms with E-state index in [2.05, 4.69) is 46.0 Å². The number of aromatic nitrogens is 2. The van der Waals surface area contributed by atoms with Crippen molar-refractivity contribution in [1.82, 2.24) is 20.4 Å². The largest absolute Gasteiger partial charge is 0.376 e. The lowest BCUT2D eigenvalue weighted by atomic mass is 10.2. The number of hydrogen-bond acceptors (Lipinski definition) is 3. The van der Waals surface area contributed by atoms with Crippen molar-refractivity contribution in [3.63, 3.8) is 0 Å². The Labute approximate surface area is 179 Å². The molecule has 1 atom stereocenters. The molecule has 6 nitrogen and oxygen atoms in total. The predicted octanol–water partition coefficient (Wildman–Crippen LogP) is 2.99. The summed E-state index contributed by atoms with van der Waals surface area (Å²) in [6, 6.07) is 10.3. The summed E-state index contributed by atoms with van der Waals surface area (Å²) >= 11 is 0. The van der Waals surface area contributed by atoms with Gasteiger partial charge in [-0.1, -0.05) is 37.3 Å². The first-order chi connectivity index (χ1) is 12.7. The van der Waals surface area contributed by atoms with Crippen LogP contribution in [0.25, 0.3) is 0 Å². The van der Waals surface area contributed by atoms with Gasteiger partial charge in [-0.05, 0) is 29.9 Å². The fraction of sp³-hybridized carbons (Fsp3) is 0.500. The Bertz CT molecular complexity index is 659. The zero-order valence-corrected chi connectivity index (χ0v) is 18.8. The number of guanidine groups is 1. The summed E-state index contributed by atoms with van der Waals surface area (Å²) in [6.45, 7) is 5.27. The molecule has 27 heavy (non-hydrogen) atoms. The number of rotatable bonds is 10. The number of ether oxygens (including phenoxy) is 1. The second-order valence-electron chi connectivity index (χ2n) is 6.61. The van der Waals surface area contributed by atoms with Crippen LogP contribution < -0.4 is 10.6 Å². The molecule has 2 rings (SSSR count). The second-order valence-corrected chi connectivity index (χ2v) is 6.61. The molecule has 0 aliphatic rings. The topological polar surface area (TPSA) is 63.5 Å². The van der Waals surface area contributed by atoms with Crippen molar-refractivity contribution in [2.75, 3.05) is 26.7 Å². The molecule has 1 aromatic carbocycles. The molecule has 0 amide bonds. The van der Waals surface area contributed by atoms with Crippen molar-refractivity contribution < 1.29 is 4.74 Å². The fourth-order valence-electron chi connectivity index (χ4n) is 2.60. The van der Waals surface area contributed by atoms with Crippen molar-refractivity contribution in [1.29, 1.82) is 0 Å². The molecule has 150 valence electrons. The monoisotopic (exact) mass is 485 g/mol. The minimum absolute atomic E-state index is 0. The molecule has 7 heteroatoms. The SMILES string of the molecule is CN=C(NCCCc1cnn(C)c1)NCC(C)COCc1ccccc1.I.